The summed E-state index contributed by atoms with van der Waals surface area (Å²) < 4.78 is 11.0. The zero-order valence-corrected chi connectivity index (χ0v) is 11.2. The van der Waals surface area contributed by atoms with Crippen LogP contribution in [0.25, 0.3) is 0 Å². The molecule has 0 aromatic heterocycles. The van der Waals surface area contributed by atoms with E-state index >= 15 is 0 Å². The SMILES string of the molecule is CNC(=O)CN(C)Cc1cc2c(cc1N)OCCO2. The first-order chi connectivity index (χ1) is 9.10. The summed E-state index contributed by atoms with van der Waals surface area (Å²) in [5.41, 5.74) is 7.57. The van der Waals surface area contributed by atoms with Crippen LogP contribution in [0.5, 0.6) is 11.5 Å². The Hall–Kier alpha value is -1.95. The predicted octanol–water partition coefficient (Wildman–Crippen LogP) is 0.218. The van der Waals surface area contributed by atoms with E-state index in [-0.39, 0.29) is 5.91 Å². The molecule has 0 saturated heterocycles. The van der Waals surface area contributed by atoms with Crippen molar-refractivity contribution in [1.29, 1.82) is 0 Å². The average molecular weight is 265 g/mol. The van der Waals surface area contributed by atoms with Crippen LogP contribution in [-0.2, 0) is 11.3 Å². The second kappa shape index (κ2) is 5.79. The van der Waals surface area contributed by atoms with Crippen molar-refractivity contribution in [2.75, 3.05) is 39.6 Å². The van der Waals surface area contributed by atoms with Gasteiger partial charge in [-0.25, -0.2) is 0 Å². The van der Waals surface area contributed by atoms with Gasteiger partial charge in [0.1, 0.15) is 13.2 Å². The molecule has 0 fully saturated rings. The Kier molecular flexibility index (Phi) is 4.11. The zero-order chi connectivity index (χ0) is 13.8. The van der Waals surface area contributed by atoms with Gasteiger partial charge in [-0.1, -0.05) is 0 Å². The molecule has 0 atom stereocenters. The number of hydrogen-bond donors (Lipinski definition) is 2. The molecule has 1 aromatic carbocycles. The minimum Gasteiger partial charge on any atom is -0.486 e. The maximum Gasteiger partial charge on any atom is 0.233 e. The number of ether oxygens (including phenoxy) is 2. The summed E-state index contributed by atoms with van der Waals surface area (Å²) in [5, 5.41) is 2.59. The molecule has 104 valence electrons. The third kappa shape index (κ3) is 3.29. The Morgan fingerprint density at radius 3 is 2.63 bits per heavy atom. The van der Waals surface area contributed by atoms with E-state index in [2.05, 4.69) is 5.32 Å². The van der Waals surface area contributed by atoms with E-state index < -0.39 is 0 Å². The second-order valence-electron chi connectivity index (χ2n) is 4.54. The number of likely N-dealkylation sites (N-methyl/N-ethyl adjacent to an activating group) is 2. The van der Waals surface area contributed by atoms with Crippen molar-refractivity contribution < 1.29 is 14.3 Å². The van der Waals surface area contributed by atoms with E-state index in [9.17, 15) is 4.79 Å². The molecule has 0 saturated carbocycles. The Labute approximate surface area is 112 Å². The van der Waals surface area contributed by atoms with Crippen LogP contribution < -0.4 is 20.5 Å². The van der Waals surface area contributed by atoms with Crippen LogP contribution in [0, 0.1) is 0 Å². The molecule has 3 N–H and O–H groups in total. The topological polar surface area (TPSA) is 76.8 Å². The Morgan fingerprint density at radius 2 is 2.00 bits per heavy atom. The van der Waals surface area contributed by atoms with Crippen LogP contribution in [-0.4, -0.2) is 44.7 Å². The highest BCUT2D eigenvalue weighted by molar-refractivity contribution is 5.77. The van der Waals surface area contributed by atoms with Crippen LogP contribution >= 0.6 is 0 Å². The molecule has 0 unspecified atom stereocenters. The fourth-order valence-corrected chi connectivity index (χ4v) is 1.95. The maximum atomic E-state index is 11.3. The lowest BCUT2D eigenvalue weighted by molar-refractivity contribution is -0.121. The van der Waals surface area contributed by atoms with Gasteiger partial charge >= 0.3 is 0 Å². The van der Waals surface area contributed by atoms with Gasteiger partial charge in [0.25, 0.3) is 0 Å². The van der Waals surface area contributed by atoms with Crippen molar-refractivity contribution in [3.63, 3.8) is 0 Å². The number of rotatable bonds is 4. The average Bonchev–Trinajstić information content (AvgIpc) is 2.39. The van der Waals surface area contributed by atoms with Gasteiger partial charge in [0, 0.05) is 25.3 Å². The van der Waals surface area contributed by atoms with E-state index in [1.807, 2.05) is 18.0 Å². The number of hydrogen-bond acceptors (Lipinski definition) is 5. The number of nitrogens with zero attached hydrogens (tertiary/aromatic N) is 1. The first kappa shape index (κ1) is 13.5. The van der Waals surface area contributed by atoms with Crippen LogP contribution in [0.15, 0.2) is 12.1 Å². The minimum absolute atomic E-state index is 0.0291. The van der Waals surface area contributed by atoms with Crippen LogP contribution in [0.3, 0.4) is 0 Å². The third-order valence-electron chi connectivity index (χ3n) is 2.94. The molecule has 1 aromatic rings. The minimum atomic E-state index is -0.0291. The fraction of sp³-hybridized carbons (Fsp3) is 0.462. The van der Waals surface area contributed by atoms with Crippen molar-refractivity contribution in [3.8, 4) is 11.5 Å². The van der Waals surface area contributed by atoms with Gasteiger partial charge in [-0.3, -0.25) is 9.69 Å². The highest BCUT2D eigenvalue weighted by Gasteiger charge is 2.16. The van der Waals surface area contributed by atoms with Crippen molar-refractivity contribution >= 4 is 11.6 Å². The molecular formula is C13H19N3O3. The number of anilines is 1. The van der Waals surface area contributed by atoms with Gasteiger partial charge in [-0.2, -0.15) is 0 Å². The lowest BCUT2D eigenvalue weighted by Crippen LogP contribution is -2.32. The van der Waals surface area contributed by atoms with E-state index in [4.69, 9.17) is 15.2 Å². The summed E-state index contributed by atoms with van der Waals surface area (Å²) in [6, 6.07) is 3.65. The number of amides is 1. The van der Waals surface area contributed by atoms with Gasteiger partial charge in [-0.05, 0) is 18.7 Å². The van der Waals surface area contributed by atoms with E-state index in [0.29, 0.717) is 43.5 Å². The molecule has 1 aliphatic rings. The fourth-order valence-electron chi connectivity index (χ4n) is 1.95. The molecule has 19 heavy (non-hydrogen) atoms. The largest absolute Gasteiger partial charge is 0.486 e. The standard InChI is InChI=1S/C13H19N3O3/c1-15-13(17)8-16(2)7-9-5-11-12(6-10(9)14)19-4-3-18-11/h5-6H,3-4,7-8,14H2,1-2H3,(H,15,17). The van der Waals surface area contributed by atoms with Crippen molar-refractivity contribution in [3.05, 3.63) is 17.7 Å². The zero-order valence-electron chi connectivity index (χ0n) is 11.2. The highest BCUT2D eigenvalue weighted by Crippen LogP contribution is 2.34. The van der Waals surface area contributed by atoms with Gasteiger partial charge < -0.3 is 20.5 Å². The maximum absolute atomic E-state index is 11.3. The van der Waals surface area contributed by atoms with E-state index in [1.165, 1.54) is 0 Å². The summed E-state index contributed by atoms with van der Waals surface area (Å²) >= 11 is 0. The second-order valence-corrected chi connectivity index (χ2v) is 4.54. The van der Waals surface area contributed by atoms with E-state index in [1.54, 1.807) is 13.1 Å². The van der Waals surface area contributed by atoms with E-state index in [0.717, 1.165) is 5.56 Å². The summed E-state index contributed by atoms with van der Waals surface area (Å²) in [6.07, 6.45) is 0. The van der Waals surface area contributed by atoms with Crippen molar-refractivity contribution in [2.24, 2.45) is 0 Å². The molecule has 6 heteroatoms. The van der Waals surface area contributed by atoms with Gasteiger partial charge in [-0.15, -0.1) is 0 Å². The molecule has 2 rings (SSSR count). The smallest absolute Gasteiger partial charge is 0.233 e. The van der Waals surface area contributed by atoms with Gasteiger partial charge in [0.2, 0.25) is 5.91 Å². The molecule has 0 spiro atoms. The summed E-state index contributed by atoms with van der Waals surface area (Å²) in [4.78, 5) is 13.2. The van der Waals surface area contributed by atoms with Crippen LogP contribution in [0.2, 0.25) is 0 Å². The first-order valence-electron chi connectivity index (χ1n) is 6.17. The van der Waals surface area contributed by atoms with Crippen LogP contribution in [0.4, 0.5) is 5.69 Å². The number of fused-ring (bicyclic) bond motifs is 1. The van der Waals surface area contributed by atoms with Gasteiger partial charge in [0.05, 0.1) is 6.54 Å². The molecule has 1 aliphatic heterocycles. The quantitative estimate of drug-likeness (QED) is 0.761. The number of carbonyl (C=O) groups is 1. The molecule has 1 heterocycles. The summed E-state index contributed by atoms with van der Waals surface area (Å²) in [6.45, 7) is 1.99. The first-order valence-corrected chi connectivity index (χ1v) is 6.17. The summed E-state index contributed by atoms with van der Waals surface area (Å²) in [5.74, 6) is 1.36. The Bertz CT molecular complexity index is 476. The number of nitrogens with two attached hydrogens (primary N) is 1. The summed E-state index contributed by atoms with van der Waals surface area (Å²) in [7, 11) is 3.49. The lowest BCUT2D eigenvalue weighted by atomic mass is 10.1. The predicted molar refractivity (Wildman–Crippen MR) is 72.2 cm³/mol. The van der Waals surface area contributed by atoms with Crippen molar-refractivity contribution in [2.45, 2.75) is 6.54 Å². The number of benzene rings is 1. The van der Waals surface area contributed by atoms with Gasteiger partial charge in [0.15, 0.2) is 11.5 Å². The number of carbonyl (C=O) groups excluding carboxylic acids is 1. The van der Waals surface area contributed by atoms with Crippen LogP contribution in [0.1, 0.15) is 5.56 Å². The highest BCUT2D eigenvalue weighted by atomic mass is 16.6. The number of nitrogens with one attached hydrogen (secondary N) is 1. The number of nitrogen functional groups attached to an aromatic ring is 1. The third-order valence-corrected chi connectivity index (χ3v) is 2.94. The Balaban J connectivity index is 2.09. The normalized spacial score (nSPS) is 13.4. The lowest BCUT2D eigenvalue weighted by Gasteiger charge is -2.22. The molecule has 0 aliphatic carbocycles. The molecule has 0 bridgehead atoms. The Morgan fingerprint density at radius 1 is 1.37 bits per heavy atom. The monoisotopic (exact) mass is 265 g/mol. The molecule has 6 nitrogen and oxygen atoms in total. The van der Waals surface area contributed by atoms with Crippen molar-refractivity contribution in [1.82, 2.24) is 10.2 Å². The molecular weight excluding hydrogens is 246 g/mol. The molecule has 0 radical (unpaired) electrons. The molecule has 1 amide bonds.